The van der Waals surface area contributed by atoms with E-state index in [2.05, 4.69) is 26.2 Å². The number of hydrogen-bond donors (Lipinski definition) is 1. The third-order valence-electron chi connectivity index (χ3n) is 2.91. The molecule has 2 heterocycles. The topological polar surface area (TPSA) is 58.5 Å². The fourth-order valence-electron chi connectivity index (χ4n) is 2.07. The lowest BCUT2D eigenvalue weighted by Gasteiger charge is -2.06. The van der Waals surface area contributed by atoms with Crippen molar-refractivity contribution in [2.24, 2.45) is 4.99 Å². The number of sulfone groups is 1. The second-order valence-electron chi connectivity index (χ2n) is 4.37. The molecule has 2 aliphatic heterocycles. The molecule has 0 radical (unpaired) electrons. The number of benzene rings is 1. The summed E-state index contributed by atoms with van der Waals surface area (Å²) in [6.45, 7) is 0. The summed E-state index contributed by atoms with van der Waals surface area (Å²) in [6.07, 6.45) is 0. The number of nitrogens with one attached hydrogen (secondary N) is 1. The monoisotopic (exact) mass is 346 g/mol. The van der Waals surface area contributed by atoms with Gasteiger partial charge in [-0.3, -0.25) is 4.99 Å². The van der Waals surface area contributed by atoms with Gasteiger partial charge in [-0.25, -0.2) is 8.42 Å². The molecule has 3 rings (SSSR count). The van der Waals surface area contributed by atoms with Crippen molar-refractivity contribution >= 4 is 48.4 Å². The molecular weight excluding hydrogens is 336 g/mol. The number of rotatable bonds is 1. The highest BCUT2D eigenvalue weighted by atomic mass is 79.9. The Labute approximate surface area is 118 Å². The first-order valence-corrected chi connectivity index (χ1v) is 8.99. The Morgan fingerprint density at radius 3 is 2.67 bits per heavy atom. The van der Waals surface area contributed by atoms with E-state index < -0.39 is 9.84 Å². The van der Waals surface area contributed by atoms with Gasteiger partial charge in [0.25, 0.3) is 0 Å². The third-order valence-corrected chi connectivity index (χ3v) is 6.58. The summed E-state index contributed by atoms with van der Waals surface area (Å²) in [5.41, 5.74) is 0.965. The molecule has 1 fully saturated rings. The van der Waals surface area contributed by atoms with Crippen molar-refractivity contribution in [3.8, 4) is 0 Å². The first kappa shape index (κ1) is 12.5. The van der Waals surface area contributed by atoms with E-state index in [1.165, 1.54) is 11.8 Å². The van der Waals surface area contributed by atoms with Crippen LogP contribution in [0.4, 0.5) is 5.69 Å². The summed E-state index contributed by atoms with van der Waals surface area (Å²) in [6, 6.07) is 7.75. The van der Waals surface area contributed by atoms with E-state index >= 15 is 0 Å². The zero-order valence-corrected chi connectivity index (χ0v) is 12.6. The Hall–Kier alpha value is -0.530. The predicted octanol–water partition coefficient (Wildman–Crippen LogP) is 2.13. The molecule has 2 atom stereocenters. The first-order chi connectivity index (χ1) is 8.52. The molecule has 4 nitrogen and oxygen atoms in total. The maximum Gasteiger partial charge on any atom is 0.161 e. The molecule has 0 amide bonds. The highest BCUT2D eigenvalue weighted by Gasteiger charge is 2.42. The van der Waals surface area contributed by atoms with Crippen LogP contribution in [0.15, 0.2) is 33.7 Å². The van der Waals surface area contributed by atoms with Gasteiger partial charge in [0.1, 0.15) is 0 Å². The normalized spacial score (nSPS) is 28.8. The van der Waals surface area contributed by atoms with Crippen LogP contribution in [0.25, 0.3) is 0 Å². The lowest BCUT2D eigenvalue weighted by molar-refractivity contribution is 0.601. The van der Waals surface area contributed by atoms with Crippen LogP contribution in [0.3, 0.4) is 0 Å². The minimum absolute atomic E-state index is 0.0713. The Bertz CT molecular complexity index is 598. The summed E-state index contributed by atoms with van der Waals surface area (Å²) < 4.78 is 23.9. The van der Waals surface area contributed by atoms with Crippen LogP contribution in [-0.4, -0.2) is 36.4 Å². The molecule has 0 aromatic heterocycles. The number of hydrogen-bond acceptors (Lipinski definition) is 5. The van der Waals surface area contributed by atoms with E-state index in [0.29, 0.717) is 0 Å². The van der Waals surface area contributed by atoms with Crippen molar-refractivity contribution in [3.63, 3.8) is 0 Å². The second-order valence-corrected chi connectivity index (χ2v) is 8.66. The van der Waals surface area contributed by atoms with Crippen LogP contribution >= 0.6 is 27.7 Å². The molecule has 1 N–H and O–H groups in total. The van der Waals surface area contributed by atoms with Crippen molar-refractivity contribution in [1.82, 2.24) is 0 Å². The number of anilines is 1. The Morgan fingerprint density at radius 2 is 2.00 bits per heavy atom. The van der Waals surface area contributed by atoms with Gasteiger partial charge in [0.15, 0.2) is 15.0 Å². The van der Waals surface area contributed by atoms with Gasteiger partial charge < -0.3 is 5.32 Å². The number of amidine groups is 1. The largest absolute Gasteiger partial charge is 0.335 e. The minimum Gasteiger partial charge on any atom is -0.335 e. The van der Waals surface area contributed by atoms with Crippen molar-refractivity contribution in [3.05, 3.63) is 28.7 Å². The van der Waals surface area contributed by atoms with Crippen LogP contribution < -0.4 is 5.32 Å². The fraction of sp³-hybridized carbons (Fsp3) is 0.364. The summed E-state index contributed by atoms with van der Waals surface area (Å²) in [7, 11) is -2.87. The SMILES string of the molecule is O=S1(=O)C[C@@H]2N=C(Nc3ccc(Br)cc3)S[C@H]2C1. The van der Waals surface area contributed by atoms with Crippen molar-refractivity contribution < 1.29 is 8.42 Å². The van der Waals surface area contributed by atoms with Gasteiger partial charge in [-0.15, -0.1) is 0 Å². The molecule has 0 aliphatic carbocycles. The average Bonchev–Trinajstić information content (AvgIpc) is 2.74. The van der Waals surface area contributed by atoms with Gasteiger partial charge in [-0.05, 0) is 24.3 Å². The maximum absolute atomic E-state index is 11.4. The third kappa shape index (κ3) is 2.57. The highest BCUT2D eigenvalue weighted by Crippen LogP contribution is 2.34. The number of thioether (sulfide) groups is 1. The molecule has 0 saturated carbocycles. The van der Waals surface area contributed by atoms with Gasteiger partial charge in [-0.2, -0.15) is 0 Å². The average molecular weight is 347 g/mol. The summed E-state index contributed by atoms with van der Waals surface area (Å²) in [5.74, 6) is 0.438. The molecule has 7 heteroatoms. The van der Waals surface area contributed by atoms with Gasteiger partial charge in [0.05, 0.1) is 17.5 Å². The molecule has 0 unspecified atom stereocenters. The molecule has 96 valence electrons. The Kier molecular flexibility index (Phi) is 3.15. The summed E-state index contributed by atoms with van der Waals surface area (Å²) in [4.78, 5) is 4.44. The number of nitrogens with zero attached hydrogens (tertiary/aromatic N) is 1. The van der Waals surface area contributed by atoms with Gasteiger partial charge >= 0.3 is 0 Å². The van der Waals surface area contributed by atoms with Gasteiger partial charge in [-0.1, -0.05) is 27.7 Å². The van der Waals surface area contributed by atoms with E-state index in [1.807, 2.05) is 24.3 Å². The van der Waals surface area contributed by atoms with Crippen LogP contribution in [0, 0.1) is 0 Å². The van der Waals surface area contributed by atoms with E-state index in [0.717, 1.165) is 15.3 Å². The van der Waals surface area contributed by atoms with Crippen LogP contribution in [-0.2, 0) is 9.84 Å². The molecule has 1 aromatic rings. The molecular formula is C11H11BrN2O2S2. The predicted molar refractivity (Wildman–Crippen MR) is 79.0 cm³/mol. The highest BCUT2D eigenvalue weighted by molar-refractivity contribution is 9.10. The van der Waals surface area contributed by atoms with Crippen molar-refractivity contribution in [2.75, 3.05) is 16.8 Å². The lowest BCUT2D eigenvalue weighted by atomic mass is 10.3. The molecule has 2 aliphatic rings. The van der Waals surface area contributed by atoms with E-state index in [4.69, 9.17) is 0 Å². The van der Waals surface area contributed by atoms with Crippen molar-refractivity contribution in [1.29, 1.82) is 0 Å². The maximum atomic E-state index is 11.4. The Morgan fingerprint density at radius 1 is 1.28 bits per heavy atom. The summed E-state index contributed by atoms with van der Waals surface area (Å²) >= 11 is 4.91. The molecule has 0 bridgehead atoms. The standard InChI is InChI=1S/C11H11BrN2O2S2/c12-7-1-3-8(4-2-7)13-11-14-9-5-18(15,16)6-10(9)17-11/h1-4,9-10H,5-6H2,(H,13,14)/t9-,10-/m0/s1. The van der Waals surface area contributed by atoms with E-state index in [-0.39, 0.29) is 22.8 Å². The van der Waals surface area contributed by atoms with Crippen LogP contribution in [0.2, 0.25) is 0 Å². The fourth-order valence-corrected chi connectivity index (χ4v) is 6.01. The van der Waals surface area contributed by atoms with Crippen molar-refractivity contribution in [2.45, 2.75) is 11.3 Å². The van der Waals surface area contributed by atoms with E-state index in [9.17, 15) is 8.42 Å². The smallest absolute Gasteiger partial charge is 0.161 e. The van der Waals surface area contributed by atoms with Crippen LogP contribution in [0.1, 0.15) is 0 Å². The number of aliphatic imine (C=N–C) groups is 1. The lowest BCUT2D eigenvalue weighted by Crippen LogP contribution is -2.13. The first-order valence-electron chi connectivity index (χ1n) is 5.49. The molecule has 18 heavy (non-hydrogen) atoms. The second kappa shape index (κ2) is 4.54. The van der Waals surface area contributed by atoms with Gasteiger partial charge in [0, 0.05) is 15.4 Å². The van der Waals surface area contributed by atoms with Crippen LogP contribution in [0.5, 0.6) is 0 Å². The minimum atomic E-state index is -2.87. The summed E-state index contributed by atoms with van der Waals surface area (Å²) in [5, 5.41) is 4.13. The molecule has 1 aromatic carbocycles. The van der Waals surface area contributed by atoms with Gasteiger partial charge in [0.2, 0.25) is 0 Å². The number of fused-ring (bicyclic) bond motifs is 1. The zero-order valence-electron chi connectivity index (χ0n) is 9.34. The zero-order chi connectivity index (χ0) is 12.8. The molecule has 1 saturated heterocycles. The Balaban J connectivity index is 1.71. The quantitative estimate of drug-likeness (QED) is 0.846. The van der Waals surface area contributed by atoms with E-state index in [1.54, 1.807) is 0 Å². The number of halogens is 1. The molecule has 0 spiro atoms.